The molecule has 1 aliphatic carbocycles. The molecule has 3 rings (SSSR count). The van der Waals surface area contributed by atoms with Crippen LogP contribution in [-0.2, 0) is 0 Å². The molecule has 0 spiro atoms. The zero-order chi connectivity index (χ0) is 14.1. The van der Waals surface area contributed by atoms with Crippen molar-refractivity contribution in [3.05, 3.63) is 64.2 Å². The summed E-state index contributed by atoms with van der Waals surface area (Å²) < 4.78 is 0. The fraction of sp³-hybridized carbons (Fsp3) is 0.333. The number of benzene rings is 2. The molecule has 2 heteroatoms. The quantitative estimate of drug-likeness (QED) is 0.805. The Kier molecular flexibility index (Phi) is 3.71. The summed E-state index contributed by atoms with van der Waals surface area (Å²) in [4.78, 5) is 0. The zero-order valence-corrected chi connectivity index (χ0v) is 12.7. The summed E-state index contributed by atoms with van der Waals surface area (Å²) in [7, 11) is 0. The van der Waals surface area contributed by atoms with E-state index in [2.05, 4.69) is 49.5 Å². The molecule has 1 aliphatic rings. The van der Waals surface area contributed by atoms with Crippen molar-refractivity contribution in [1.29, 1.82) is 0 Å². The molecule has 0 saturated heterocycles. The second-order valence-electron chi connectivity index (χ2n) is 5.94. The normalized spacial score (nSPS) is 21.4. The van der Waals surface area contributed by atoms with Gasteiger partial charge in [0.2, 0.25) is 0 Å². The molecule has 1 fully saturated rings. The van der Waals surface area contributed by atoms with Crippen LogP contribution in [0.25, 0.3) is 0 Å². The highest BCUT2D eigenvalue weighted by Gasteiger charge is 2.30. The van der Waals surface area contributed by atoms with Gasteiger partial charge in [0.1, 0.15) is 0 Å². The topological polar surface area (TPSA) is 12.0 Å². The fourth-order valence-electron chi connectivity index (χ4n) is 3.04. The first-order valence-electron chi connectivity index (χ1n) is 7.20. The Balaban J connectivity index is 1.59. The van der Waals surface area contributed by atoms with Crippen LogP contribution in [-0.4, -0.2) is 6.04 Å². The Morgan fingerprint density at radius 2 is 1.55 bits per heavy atom. The van der Waals surface area contributed by atoms with E-state index in [9.17, 15) is 0 Å². The number of hydrogen-bond donors (Lipinski definition) is 1. The van der Waals surface area contributed by atoms with Gasteiger partial charge in [-0.05, 0) is 73.6 Å². The van der Waals surface area contributed by atoms with Crippen LogP contribution in [0.5, 0.6) is 0 Å². The van der Waals surface area contributed by atoms with Crippen molar-refractivity contribution in [2.45, 2.75) is 38.6 Å². The summed E-state index contributed by atoms with van der Waals surface area (Å²) in [5.74, 6) is 0.677. The number of anilines is 1. The van der Waals surface area contributed by atoms with Crippen molar-refractivity contribution in [2.75, 3.05) is 5.32 Å². The van der Waals surface area contributed by atoms with Crippen molar-refractivity contribution in [2.24, 2.45) is 0 Å². The standard InChI is InChI=1S/C18H20ClN/c1-12-7-13(2)9-17(8-12)20-18-10-15(11-18)14-3-5-16(19)6-4-14/h3-9,15,18,20H,10-11H2,1-2H3. The van der Waals surface area contributed by atoms with Crippen LogP contribution < -0.4 is 5.32 Å². The molecule has 0 aromatic heterocycles. The Hall–Kier alpha value is -1.47. The van der Waals surface area contributed by atoms with E-state index >= 15 is 0 Å². The van der Waals surface area contributed by atoms with Crippen LogP contribution >= 0.6 is 11.6 Å². The van der Waals surface area contributed by atoms with E-state index in [0.717, 1.165) is 5.02 Å². The highest BCUT2D eigenvalue weighted by molar-refractivity contribution is 6.30. The van der Waals surface area contributed by atoms with Crippen molar-refractivity contribution in [3.8, 4) is 0 Å². The number of rotatable bonds is 3. The third-order valence-corrected chi connectivity index (χ3v) is 4.32. The van der Waals surface area contributed by atoms with Crippen molar-refractivity contribution in [3.63, 3.8) is 0 Å². The molecule has 0 bridgehead atoms. The van der Waals surface area contributed by atoms with Crippen molar-refractivity contribution in [1.82, 2.24) is 0 Å². The van der Waals surface area contributed by atoms with Crippen LogP contribution in [0.3, 0.4) is 0 Å². The highest BCUT2D eigenvalue weighted by Crippen LogP contribution is 2.38. The second-order valence-corrected chi connectivity index (χ2v) is 6.37. The third-order valence-electron chi connectivity index (χ3n) is 4.07. The van der Waals surface area contributed by atoms with Crippen LogP contribution in [0.1, 0.15) is 35.4 Å². The molecule has 1 N–H and O–H groups in total. The summed E-state index contributed by atoms with van der Waals surface area (Å²) in [5, 5.41) is 4.46. The minimum atomic E-state index is 0.594. The van der Waals surface area contributed by atoms with Gasteiger partial charge in [0.15, 0.2) is 0 Å². The van der Waals surface area contributed by atoms with Gasteiger partial charge in [-0.15, -0.1) is 0 Å². The summed E-state index contributed by atoms with van der Waals surface area (Å²) in [6.45, 7) is 4.30. The van der Waals surface area contributed by atoms with Gasteiger partial charge in [0.05, 0.1) is 0 Å². The monoisotopic (exact) mass is 285 g/mol. The van der Waals surface area contributed by atoms with Gasteiger partial charge in [-0.25, -0.2) is 0 Å². The molecule has 2 aromatic carbocycles. The molecule has 1 nitrogen and oxygen atoms in total. The molecule has 1 saturated carbocycles. The number of nitrogens with one attached hydrogen (secondary N) is 1. The van der Waals surface area contributed by atoms with Crippen LogP contribution in [0.2, 0.25) is 5.02 Å². The van der Waals surface area contributed by atoms with E-state index < -0.39 is 0 Å². The molecule has 20 heavy (non-hydrogen) atoms. The first-order chi connectivity index (χ1) is 9.60. The number of hydrogen-bond acceptors (Lipinski definition) is 1. The van der Waals surface area contributed by atoms with Gasteiger partial charge < -0.3 is 5.32 Å². The first-order valence-corrected chi connectivity index (χ1v) is 7.58. The lowest BCUT2D eigenvalue weighted by Crippen LogP contribution is -2.34. The summed E-state index contributed by atoms with van der Waals surface area (Å²) in [6.07, 6.45) is 2.41. The molecule has 0 unspecified atom stereocenters. The van der Waals surface area contributed by atoms with Gasteiger partial charge in [0, 0.05) is 16.8 Å². The van der Waals surface area contributed by atoms with Gasteiger partial charge >= 0.3 is 0 Å². The zero-order valence-electron chi connectivity index (χ0n) is 12.0. The molecule has 2 aromatic rings. The highest BCUT2D eigenvalue weighted by atomic mass is 35.5. The average Bonchev–Trinajstić information content (AvgIpc) is 2.33. The van der Waals surface area contributed by atoms with E-state index in [4.69, 9.17) is 11.6 Å². The maximum Gasteiger partial charge on any atom is 0.0406 e. The van der Waals surface area contributed by atoms with E-state index in [1.165, 1.54) is 35.2 Å². The molecule has 0 amide bonds. The number of halogens is 1. The van der Waals surface area contributed by atoms with Gasteiger partial charge in [-0.2, -0.15) is 0 Å². The minimum absolute atomic E-state index is 0.594. The van der Waals surface area contributed by atoms with E-state index in [-0.39, 0.29) is 0 Å². The maximum atomic E-state index is 5.93. The lowest BCUT2D eigenvalue weighted by atomic mass is 9.76. The predicted molar refractivity (Wildman–Crippen MR) is 86.8 cm³/mol. The second kappa shape index (κ2) is 5.49. The molecule has 0 atom stereocenters. The predicted octanol–water partition coefficient (Wildman–Crippen LogP) is 5.31. The van der Waals surface area contributed by atoms with Gasteiger partial charge in [-0.1, -0.05) is 29.8 Å². The number of aryl methyl sites for hydroxylation is 2. The Morgan fingerprint density at radius 1 is 0.950 bits per heavy atom. The van der Waals surface area contributed by atoms with Crippen LogP contribution in [0.4, 0.5) is 5.69 Å². The third kappa shape index (κ3) is 2.99. The first kappa shape index (κ1) is 13.5. The van der Waals surface area contributed by atoms with E-state index in [0.29, 0.717) is 12.0 Å². The minimum Gasteiger partial charge on any atom is -0.382 e. The van der Waals surface area contributed by atoms with E-state index in [1.807, 2.05) is 12.1 Å². The lowest BCUT2D eigenvalue weighted by Gasteiger charge is -2.37. The molecule has 0 radical (unpaired) electrons. The van der Waals surface area contributed by atoms with Gasteiger partial charge in [-0.3, -0.25) is 0 Å². The summed E-state index contributed by atoms with van der Waals surface area (Å²) in [6, 6.07) is 15.5. The smallest absolute Gasteiger partial charge is 0.0406 e. The van der Waals surface area contributed by atoms with E-state index in [1.54, 1.807) is 0 Å². The average molecular weight is 286 g/mol. The summed E-state index contributed by atoms with van der Waals surface area (Å²) in [5.41, 5.74) is 5.30. The molecule has 0 heterocycles. The lowest BCUT2D eigenvalue weighted by molar-refractivity contribution is 0.374. The van der Waals surface area contributed by atoms with Crippen molar-refractivity contribution < 1.29 is 0 Å². The van der Waals surface area contributed by atoms with Crippen molar-refractivity contribution >= 4 is 17.3 Å². The largest absolute Gasteiger partial charge is 0.382 e. The molecular formula is C18H20ClN. The van der Waals surface area contributed by atoms with Gasteiger partial charge in [0.25, 0.3) is 0 Å². The Bertz CT molecular complexity index is 577. The van der Waals surface area contributed by atoms with Crippen LogP contribution in [0.15, 0.2) is 42.5 Å². The SMILES string of the molecule is Cc1cc(C)cc(NC2CC(c3ccc(Cl)cc3)C2)c1. The molecule has 104 valence electrons. The Morgan fingerprint density at radius 3 is 2.15 bits per heavy atom. The molecule has 0 aliphatic heterocycles. The molecular weight excluding hydrogens is 266 g/mol. The Labute approximate surface area is 126 Å². The fourth-order valence-corrected chi connectivity index (χ4v) is 3.16. The maximum absolute atomic E-state index is 5.93. The summed E-state index contributed by atoms with van der Waals surface area (Å²) >= 11 is 5.93. The van der Waals surface area contributed by atoms with Crippen LogP contribution in [0, 0.1) is 13.8 Å².